The smallest absolute Gasteiger partial charge is 0.472 e. The second-order valence-electron chi connectivity index (χ2n) is 13.4. The van der Waals surface area contributed by atoms with Crippen LogP contribution in [0.2, 0.25) is 0 Å². The van der Waals surface area contributed by atoms with Crippen molar-refractivity contribution >= 4 is 19.8 Å². The van der Waals surface area contributed by atoms with Gasteiger partial charge in [-0.05, 0) is 64.2 Å². The number of carbonyl (C=O) groups is 2. The van der Waals surface area contributed by atoms with E-state index in [0.29, 0.717) is 13.0 Å². The van der Waals surface area contributed by atoms with Gasteiger partial charge in [-0.3, -0.25) is 18.6 Å². The molecule has 0 aliphatic carbocycles. The molecule has 3 unspecified atom stereocenters. The number of carboxylic acids is 1. The Kier molecular flexibility index (Phi) is 36.8. The van der Waals surface area contributed by atoms with Gasteiger partial charge < -0.3 is 25.2 Å². The lowest BCUT2D eigenvalue weighted by Gasteiger charge is -2.20. The molecule has 0 aliphatic heterocycles. The minimum Gasteiger partial charge on any atom is -0.480 e. The molecule has 10 nitrogen and oxygen atoms in total. The fourth-order valence-electron chi connectivity index (χ4n) is 5.08. The summed E-state index contributed by atoms with van der Waals surface area (Å²) < 4.78 is 33.2. The third kappa shape index (κ3) is 37.7. The lowest BCUT2D eigenvalue weighted by Crippen LogP contribution is -2.34. The normalized spacial score (nSPS) is 14.7. The second kappa shape index (κ2) is 38.7. The summed E-state index contributed by atoms with van der Waals surface area (Å²) >= 11 is 0. The largest absolute Gasteiger partial charge is 0.480 e. The molecular formula is C43H74NO9P. The molecule has 0 fully saturated rings. The van der Waals surface area contributed by atoms with Crippen LogP contribution < -0.4 is 5.73 Å². The van der Waals surface area contributed by atoms with Crippen molar-refractivity contribution in [3.8, 4) is 0 Å². The van der Waals surface area contributed by atoms with E-state index in [-0.39, 0.29) is 13.0 Å². The molecule has 0 bridgehead atoms. The van der Waals surface area contributed by atoms with Gasteiger partial charge in [-0.2, -0.15) is 0 Å². The van der Waals surface area contributed by atoms with Crippen LogP contribution in [0.3, 0.4) is 0 Å². The van der Waals surface area contributed by atoms with Crippen molar-refractivity contribution in [3.63, 3.8) is 0 Å². The van der Waals surface area contributed by atoms with Gasteiger partial charge in [0, 0.05) is 13.0 Å². The van der Waals surface area contributed by atoms with Gasteiger partial charge in [0.25, 0.3) is 0 Å². The summed E-state index contributed by atoms with van der Waals surface area (Å²) in [5.74, 6) is -1.80. The molecular weight excluding hydrogens is 705 g/mol. The van der Waals surface area contributed by atoms with Crippen LogP contribution in [0.1, 0.15) is 149 Å². The van der Waals surface area contributed by atoms with Gasteiger partial charge in [0.15, 0.2) is 0 Å². The number of esters is 1. The number of carboxylic acid groups (broad SMARTS) is 1. The molecule has 0 spiro atoms. The van der Waals surface area contributed by atoms with Crippen molar-refractivity contribution in [2.24, 2.45) is 5.73 Å². The number of rotatable bonds is 38. The summed E-state index contributed by atoms with van der Waals surface area (Å²) in [7, 11) is -4.62. The van der Waals surface area contributed by atoms with Gasteiger partial charge in [0.2, 0.25) is 0 Å². The Bertz CT molecular complexity index is 1130. The molecule has 0 radical (unpaired) electrons. The van der Waals surface area contributed by atoms with E-state index in [9.17, 15) is 19.0 Å². The Morgan fingerprint density at radius 3 is 1.61 bits per heavy atom. The van der Waals surface area contributed by atoms with E-state index in [4.69, 9.17) is 24.8 Å². The first-order chi connectivity index (χ1) is 26.2. The van der Waals surface area contributed by atoms with Crippen LogP contribution in [-0.4, -0.2) is 60.5 Å². The number of allylic oxidation sites excluding steroid dienone is 12. The minimum atomic E-state index is -4.62. The highest BCUT2D eigenvalue weighted by molar-refractivity contribution is 7.47. The molecule has 0 aliphatic rings. The van der Waals surface area contributed by atoms with Gasteiger partial charge in [-0.1, -0.05) is 151 Å². The highest BCUT2D eigenvalue weighted by atomic mass is 31.2. The van der Waals surface area contributed by atoms with E-state index in [0.717, 1.165) is 96.3 Å². The molecule has 4 N–H and O–H groups in total. The summed E-state index contributed by atoms with van der Waals surface area (Å²) in [4.78, 5) is 33.3. The summed E-state index contributed by atoms with van der Waals surface area (Å²) in [6, 6.07) is -1.48. The Morgan fingerprint density at radius 1 is 0.611 bits per heavy atom. The predicted molar refractivity (Wildman–Crippen MR) is 221 cm³/mol. The third-order valence-electron chi connectivity index (χ3n) is 8.25. The highest BCUT2D eigenvalue weighted by Gasteiger charge is 2.27. The van der Waals surface area contributed by atoms with Crippen LogP contribution in [0.4, 0.5) is 0 Å². The molecule has 0 saturated carbocycles. The number of aliphatic carboxylic acids is 1. The van der Waals surface area contributed by atoms with E-state index < -0.39 is 45.1 Å². The maximum absolute atomic E-state index is 12.5. The number of hydrogen-bond acceptors (Lipinski definition) is 8. The fourth-order valence-corrected chi connectivity index (χ4v) is 5.85. The van der Waals surface area contributed by atoms with Gasteiger partial charge in [0.1, 0.15) is 12.1 Å². The van der Waals surface area contributed by atoms with Crippen molar-refractivity contribution in [2.45, 2.75) is 161 Å². The first-order valence-corrected chi connectivity index (χ1v) is 22.0. The van der Waals surface area contributed by atoms with Crippen LogP contribution >= 0.6 is 7.82 Å². The number of phosphoric ester groups is 1. The monoisotopic (exact) mass is 780 g/mol. The van der Waals surface area contributed by atoms with E-state index in [1.54, 1.807) is 0 Å². The molecule has 310 valence electrons. The number of ether oxygens (including phenoxy) is 2. The van der Waals surface area contributed by atoms with Crippen LogP contribution in [0.15, 0.2) is 72.9 Å². The molecule has 54 heavy (non-hydrogen) atoms. The summed E-state index contributed by atoms with van der Waals surface area (Å²) in [5, 5.41) is 8.86. The van der Waals surface area contributed by atoms with Crippen molar-refractivity contribution in [2.75, 3.05) is 26.4 Å². The Labute approximate surface area is 327 Å². The molecule has 0 amide bonds. The lowest BCUT2D eigenvalue weighted by atomic mass is 10.1. The SMILES string of the molecule is CC/C=C\C/C=C\C/C=C\C/C=C\C/C=C\C/C=C\CCCCCCCOCC(COP(=O)(O)OCC(N)C(=O)O)OC(=O)CCCCCCCCCC. The van der Waals surface area contributed by atoms with Crippen molar-refractivity contribution < 1.29 is 42.7 Å². The zero-order valence-electron chi connectivity index (χ0n) is 33.5. The summed E-state index contributed by atoms with van der Waals surface area (Å²) in [6.45, 7) is 3.65. The first-order valence-electron chi connectivity index (χ1n) is 20.5. The maximum atomic E-state index is 12.5. The molecule has 0 aromatic heterocycles. The standard InChI is InChI=1S/C43H74NO9P/c1-3-5-7-9-11-13-14-15-16-17-18-19-20-21-22-23-24-25-26-27-28-30-32-34-36-50-37-40(38-51-54(48,49)52-39-41(44)43(46)47)53-42(45)35-33-31-29-12-10-8-6-4-2/h5,7,11,13,15-16,18-19,21-22,24-25,40-41H,3-4,6,8-10,12,14,17,20,23,26-39,44H2,1-2H3,(H,46,47)(H,48,49)/b7-5-,13-11-,16-15-,19-18-,22-21-,25-24-. The zero-order valence-corrected chi connectivity index (χ0v) is 34.4. The number of phosphoric acid groups is 1. The number of nitrogens with two attached hydrogens (primary N) is 1. The van der Waals surface area contributed by atoms with E-state index in [2.05, 4.69) is 91.3 Å². The maximum Gasteiger partial charge on any atom is 0.472 e. The minimum absolute atomic E-state index is 0.000488. The van der Waals surface area contributed by atoms with Crippen LogP contribution in [0.25, 0.3) is 0 Å². The van der Waals surface area contributed by atoms with E-state index in [1.807, 2.05) is 0 Å². The number of unbranched alkanes of at least 4 members (excludes halogenated alkanes) is 12. The van der Waals surface area contributed by atoms with Crippen LogP contribution in [0.5, 0.6) is 0 Å². The summed E-state index contributed by atoms with van der Waals surface area (Å²) in [5.41, 5.74) is 5.33. The Hall–Kier alpha value is -2.59. The van der Waals surface area contributed by atoms with Crippen molar-refractivity contribution in [3.05, 3.63) is 72.9 Å². The number of carbonyl (C=O) groups excluding carboxylic acids is 1. The van der Waals surface area contributed by atoms with Crippen LogP contribution in [0, 0.1) is 0 Å². The van der Waals surface area contributed by atoms with E-state index in [1.165, 1.54) is 25.7 Å². The summed E-state index contributed by atoms with van der Waals surface area (Å²) in [6.07, 6.45) is 46.9. The third-order valence-corrected chi connectivity index (χ3v) is 9.20. The fraction of sp³-hybridized carbons (Fsp3) is 0.674. The molecule has 11 heteroatoms. The predicted octanol–water partition coefficient (Wildman–Crippen LogP) is 11.0. The van der Waals surface area contributed by atoms with Crippen molar-refractivity contribution in [1.82, 2.24) is 0 Å². The molecule has 0 aromatic carbocycles. The average Bonchev–Trinajstić information content (AvgIpc) is 3.15. The lowest BCUT2D eigenvalue weighted by molar-refractivity contribution is -0.154. The second-order valence-corrected chi connectivity index (χ2v) is 14.8. The number of hydrogen-bond donors (Lipinski definition) is 3. The molecule has 0 aromatic rings. The van der Waals surface area contributed by atoms with Gasteiger partial charge in [-0.25, -0.2) is 4.57 Å². The van der Waals surface area contributed by atoms with Gasteiger partial charge in [0.05, 0.1) is 19.8 Å². The first kappa shape index (κ1) is 51.4. The quantitative estimate of drug-likeness (QED) is 0.0239. The zero-order chi connectivity index (χ0) is 39.8. The van der Waals surface area contributed by atoms with Crippen LogP contribution in [-0.2, 0) is 32.7 Å². The highest BCUT2D eigenvalue weighted by Crippen LogP contribution is 2.43. The topological polar surface area (TPSA) is 155 Å². The van der Waals surface area contributed by atoms with Gasteiger partial charge in [-0.15, -0.1) is 0 Å². The van der Waals surface area contributed by atoms with Gasteiger partial charge >= 0.3 is 19.8 Å². The molecule has 0 rings (SSSR count). The van der Waals surface area contributed by atoms with Crippen molar-refractivity contribution in [1.29, 1.82) is 0 Å². The Balaban J connectivity index is 4.20. The molecule has 3 atom stereocenters. The Morgan fingerprint density at radius 2 is 1.07 bits per heavy atom. The van der Waals surface area contributed by atoms with E-state index >= 15 is 0 Å². The average molecular weight is 780 g/mol. The molecule has 0 saturated heterocycles. The molecule has 0 heterocycles.